The number of ether oxygens (including phenoxy) is 3. The summed E-state index contributed by atoms with van der Waals surface area (Å²) in [6.07, 6.45) is -0.0733. The molecular weight excluding hydrogens is 563 g/mol. The second-order valence-electron chi connectivity index (χ2n) is 9.05. The summed E-state index contributed by atoms with van der Waals surface area (Å²) >= 11 is 4.97. The number of esters is 1. The van der Waals surface area contributed by atoms with Crippen molar-refractivity contribution in [2.75, 3.05) is 19.7 Å². The molecule has 12 heteroatoms. The third kappa shape index (κ3) is 13.5. The summed E-state index contributed by atoms with van der Waals surface area (Å²) in [5, 5.41) is 21.4. The number of hydrogen-bond acceptors (Lipinski definition) is 9. The van der Waals surface area contributed by atoms with Gasteiger partial charge in [-0.3, -0.25) is 4.79 Å². The third-order valence-electron chi connectivity index (χ3n) is 5.87. The first kappa shape index (κ1) is 35.1. The van der Waals surface area contributed by atoms with Gasteiger partial charge < -0.3 is 34.6 Å². The fourth-order valence-corrected chi connectivity index (χ4v) is 3.97. The van der Waals surface area contributed by atoms with Crippen molar-refractivity contribution in [3.63, 3.8) is 0 Å². The Hall–Kier alpha value is -2.89. The zero-order chi connectivity index (χ0) is 28.6. The second kappa shape index (κ2) is 19.2. The Morgan fingerprint density at radius 2 is 1.45 bits per heavy atom. The number of β-amino-alcohol motifs (C(OH)–C–C–N with tert-alkyl or cyclic N) is 2. The molecule has 3 N–H and O–H groups in total. The zero-order valence-corrected chi connectivity index (χ0v) is 24.2. The molecule has 1 amide bonds. The number of rotatable bonds is 6. The van der Waals surface area contributed by atoms with Gasteiger partial charge in [0.1, 0.15) is 19.3 Å². The minimum absolute atomic E-state index is 0. The van der Waals surface area contributed by atoms with Gasteiger partial charge >= 0.3 is 17.5 Å². The molecule has 2 aliphatic heterocycles. The van der Waals surface area contributed by atoms with E-state index in [2.05, 4.69) is 10.1 Å². The van der Waals surface area contributed by atoms with Crippen molar-refractivity contribution in [2.24, 2.45) is 0 Å². The van der Waals surface area contributed by atoms with Crippen LogP contribution >= 0.6 is 24.0 Å². The van der Waals surface area contributed by atoms with Crippen molar-refractivity contribution in [3.05, 3.63) is 71.8 Å². The number of aliphatic hydroxyl groups is 2. The molecule has 2 fully saturated rings. The number of amides is 1. The second-order valence-corrected chi connectivity index (χ2v) is 9.35. The van der Waals surface area contributed by atoms with Crippen LogP contribution in [0.3, 0.4) is 0 Å². The molecule has 0 spiro atoms. The number of nitrogens with one attached hydrogen (secondary N) is 1. The number of carbonyl (C=O) groups excluding carboxylic acids is 3. The van der Waals surface area contributed by atoms with Crippen LogP contribution in [0.1, 0.15) is 37.8 Å². The average Bonchev–Trinajstić information content (AvgIpc) is 3.52. The van der Waals surface area contributed by atoms with Crippen LogP contribution in [0.2, 0.25) is 0 Å². The topological polar surface area (TPSA) is 135 Å². The van der Waals surface area contributed by atoms with Crippen LogP contribution in [0, 0.1) is 0 Å². The summed E-state index contributed by atoms with van der Waals surface area (Å²) in [5.41, 5.74) is 1.13. The van der Waals surface area contributed by atoms with Gasteiger partial charge in [-0.15, -0.1) is 12.4 Å². The number of halogens is 2. The lowest BCUT2D eigenvalue weighted by molar-refractivity contribution is -0.145. The molecule has 40 heavy (non-hydrogen) atoms. The normalized spacial score (nSPS) is 21.0. The minimum atomic E-state index is -0.770. The van der Waals surface area contributed by atoms with E-state index < -0.39 is 17.6 Å². The van der Waals surface area contributed by atoms with Crippen molar-refractivity contribution < 1.29 is 38.8 Å². The van der Waals surface area contributed by atoms with Crippen LogP contribution in [0.25, 0.3) is 0 Å². The van der Waals surface area contributed by atoms with E-state index in [-0.39, 0.29) is 49.8 Å². The quantitative estimate of drug-likeness (QED) is 0.255. The Bertz CT molecular complexity index is 1020. The van der Waals surface area contributed by atoms with Gasteiger partial charge in [0.05, 0.1) is 25.4 Å². The molecule has 2 heterocycles. The molecule has 10 nitrogen and oxygen atoms in total. The molecule has 4 rings (SSSR count). The molecule has 2 saturated heterocycles. The van der Waals surface area contributed by atoms with Crippen LogP contribution in [-0.4, -0.2) is 76.6 Å². The minimum Gasteiger partial charge on any atom is -0.465 e. The van der Waals surface area contributed by atoms with Crippen molar-refractivity contribution >= 4 is 41.5 Å². The first-order valence-corrected chi connectivity index (χ1v) is 13.2. The van der Waals surface area contributed by atoms with Crippen LogP contribution in [-0.2, 0) is 32.2 Å². The molecular formula is C28H38Cl2N2O8. The number of likely N-dealkylation sites (tertiary alicyclic amines) is 1. The van der Waals surface area contributed by atoms with Gasteiger partial charge in [0.15, 0.2) is 0 Å². The smallest absolute Gasteiger partial charge is 0.410 e. The monoisotopic (exact) mass is 600 g/mol. The van der Waals surface area contributed by atoms with E-state index in [1.54, 1.807) is 11.8 Å². The summed E-state index contributed by atoms with van der Waals surface area (Å²) in [7, 11) is 0. The van der Waals surface area contributed by atoms with Crippen molar-refractivity contribution in [1.82, 2.24) is 10.2 Å². The molecule has 0 bridgehead atoms. The van der Waals surface area contributed by atoms with Crippen LogP contribution in [0.5, 0.6) is 0 Å². The summed E-state index contributed by atoms with van der Waals surface area (Å²) in [5.74, 6) is -0.260. The molecule has 0 radical (unpaired) electrons. The highest BCUT2D eigenvalue weighted by molar-refractivity contribution is 6.61. The first-order chi connectivity index (χ1) is 18.7. The van der Waals surface area contributed by atoms with E-state index in [1.807, 2.05) is 67.6 Å². The Morgan fingerprint density at radius 3 is 1.88 bits per heavy atom. The maximum absolute atomic E-state index is 11.8. The lowest BCUT2D eigenvalue weighted by Crippen LogP contribution is -2.34. The maximum atomic E-state index is 11.8. The van der Waals surface area contributed by atoms with E-state index >= 15 is 0 Å². The molecule has 4 atom stereocenters. The number of benzene rings is 2. The predicted molar refractivity (Wildman–Crippen MR) is 152 cm³/mol. The van der Waals surface area contributed by atoms with Crippen molar-refractivity contribution in [3.8, 4) is 0 Å². The highest BCUT2D eigenvalue weighted by Gasteiger charge is 2.32. The Balaban J connectivity index is 0.000000308. The highest BCUT2D eigenvalue weighted by Crippen LogP contribution is 2.18. The lowest BCUT2D eigenvalue weighted by atomic mass is 10.2. The fourth-order valence-electron chi connectivity index (χ4n) is 3.91. The molecule has 2 aromatic carbocycles. The molecule has 2 aliphatic rings. The van der Waals surface area contributed by atoms with E-state index in [0.29, 0.717) is 32.5 Å². The standard InChI is InChI=1S/C13H17NO3.C8H7ClO2.C7H13NO3.ClH/c1-10-7-12(15)8-14(10)13(16)17-9-11-5-3-2-4-6-11;9-8(10)11-6-7-4-2-1-3-5-7;1-2-11-7(10)6-3-5(9)4-8-6;/h2-6,10,12,15H,7-9H2,1H3;1-5H,6H2;5-6,8-9H,2-4H2,1H3;1H/t10-,12-;;5-,6+;/m1.1./s1. The van der Waals surface area contributed by atoms with Crippen LogP contribution in [0.15, 0.2) is 60.7 Å². The van der Waals surface area contributed by atoms with Crippen molar-refractivity contribution in [2.45, 2.75) is 64.2 Å². The SMILES string of the molecule is CCOC(=O)[C@@H]1C[C@@H](O)CN1.C[C@@H]1C[C@@H](O)CN1C(=O)OCc1ccccc1.Cl.O=C(Cl)OCc1ccccc1. The molecule has 0 unspecified atom stereocenters. The highest BCUT2D eigenvalue weighted by atomic mass is 35.5. The van der Waals surface area contributed by atoms with Gasteiger partial charge in [-0.25, -0.2) is 9.59 Å². The maximum Gasteiger partial charge on any atom is 0.410 e. The van der Waals surface area contributed by atoms with Crippen LogP contribution in [0.4, 0.5) is 9.59 Å². The van der Waals surface area contributed by atoms with Gasteiger partial charge in [0.2, 0.25) is 0 Å². The Labute approximate surface area is 246 Å². The molecule has 0 saturated carbocycles. The van der Waals surface area contributed by atoms with Gasteiger partial charge in [0.25, 0.3) is 0 Å². The fraction of sp³-hybridized carbons (Fsp3) is 0.464. The van der Waals surface area contributed by atoms with Crippen LogP contribution < -0.4 is 5.32 Å². The summed E-state index contributed by atoms with van der Waals surface area (Å²) in [6, 6.07) is 18.7. The summed E-state index contributed by atoms with van der Waals surface area (Å²) in [6.45, 7) is 5.46. The number of hydrogen-bond donors (Lipinski definition) is 3. The molecule has 2 aromatic rings. The lowest BCUT2D eigenvalue weighted by Gasteiger charge is -2.20. The molecule has 0 aromatic heterocycles. The Morgan fingerprint density at radius 1 is 0.900 bits per heavy atom. The van der Waals surface area contributed by atoms with Gasteiger partial charge in [-0.05, 0) is 31.4 Å². The van der Waals surface area contributed by atoms with Crippen molar-refractivity contribution in [1.29, 1.82) is 0 Å². The number of nitrogens with zero attached hydrogens (tertiary/aromatic N) is 1. The zero-order valence-electron chi connectivity index (χ0n) is 22.6. The third-order valence-corrected chi connectivity index (χ3v) is 5.98. The Kier molecular flexibility index (Phi) is 16.9. The summed E-state index contributed by atoms with van der Waals surface area (Å²) in [4.78, 5) is 34.5. The van der Waals surface area contributed by atoms with E-state index in [0.717, 1.165) is 11.1 Å². The average molecular weight is 602 g/mol. The molecule has 0 aliphatic carbocycles. The van der Waals surface area contributed by atoms with Gasteiger partial charge in [0, 0.05) is 30.6 Å². The van der Waals surface area contributed by atoms with E-state index in [4.69, 9.17) is 26.2 Å². The predicted octanol–water partition coefficient (Wildman–Crippen LogP) is 4.03. The van der Waals surface area contributed by atoms with Gasteiger partial charge in [-0.1, -0.05) is 60.7 Å². The van der Waals surface area contributed by atoms with E-state index in [1.165, 1.54) is 0 Å². The molecule has 222 valence electrons. The largest absolute Gasteiger partial charge is 0.465 e. The summed E-state index contributed by atoms with van der Waals surface area (Å²) < 4.78 is 14.5. The van der Waals surface area contributed by atoms with Gasteiger partial charge in [-0.2, -0.15) is 0 Å². The first-order valence-electron chi connectivity index (χ1n) is 12.8. The van der Waals surface area contributed by atoms with E-state index in [9.17, 15) is 19.5 Å². The number of carbonyl (C=O) groups is 3. The number of aliphatic hydroxyl groups excluding tert-OH is 2.